The van der Waals surface area contributed by atoms with Crippen molar-refractivity contribution < 1.29 is 4.74 Å². The highest BCUT2D eigenvalue weighted by atomic mass is 16.5. The van der Waals surface area contributed by atoms with Gasteiger partial charge >= 0.3 is 0 Å². The van der Waals surface area contributed by atoms with Gasteiger partial charge in [-0.25, -0.2) is 0 Å². The molecule has 0 unspecified atom stereocenters. The Bertz CT molecular complexity index is 727. The number of hydrogen-bond acceptors (Lipinski definition) is 2. The molecule has 2 aromatic carbocycles. The van der Waals surface area contributed by atoms with E-state index in [1.54, 1.807) is 7.11 Å². The van der Waals surface area contributed by atoms with Gasteiger partial charge in [-0.15, -0.1) is 0 Å². The van der Waals surface area contributed by atoms with Crippen molar-refractivity contribution in [1.82, 2.24) is 4.57 Å². The van der Waals surface area contributed by atoms with Crippen LogP contribution in [0.2, 0.25) is 0 Å². The molecule has 0 saturated heterocycles. The summed E-state index contributed by atoms with van der Waals surface area (Å²) < 4.78 is 7.24. The number of hydrogen-bond donors (Lipinski definition) is 0. The molecule has 0 atom stereocenters. The first-order chi connectivity index (χ1) is 10.4. The average molecular weight is 276 g/mol. The Morgan fingerprint density at radius 3 is 2.38 bits per heavy atom. The summed E-state index contributed by atoms with van der Waals surface area (Å²) in [6.45, 7) is 0. The summed E-state index contributed by atoms with van der Waals surface area (Å²) in [5.74, 6) is 0.835. The van der Waals surface area contributed by atoms with Crippen LogP contribution in [-0.4, -0.2) is 17.9 Å². The van der Waals surface area contributed by atoms with Gasteiger partial charge in [-0.3, -0.25) is 4.99 Å². The molecule has 0 aliphatic rings. The molecule has 1 aromatic heterocycles. The molecule has 0 N–H and O–H groups in total. The summed E-state index contributed by atoms with van der Waals surface area (Å²) >= 11 is 0. The van der Waals surface area contributed by atoms with Gasteiger partial charge in [-0.2, -0.15) is 0 Å². The van der Waals surface area contributed by atoms with E-state index >= 15 is 0 Å². The van der Waals surface area contributed by atoms with E-state index in [1.807, 2.05) is 67.0 Å². The third-order valence-corrected chi connectivity index (χ3v) is 3.23. The number of aromatic nitrogens is 1. The Morgan fingerprint density at radius 2 is 1.67 bits per heavy atom. The number of rotatable bonds is 4. The maximum atomic E-state index is 5.14. The quantitative estimate of drug-likeness (QED) is 0.655. The third-order valence-electron chi connectivity index (χ3n) is 3.23. The minimum absolute atomic E-state index is 0.835. The number of benzene rings is 2. The Hall–Kier alpha value is -2.81. The molecule has 3 nitrogen and oxygen atoms in total. The molecule has 0 spiro atoms. The van der Waals surface area contributed by atoms with Crippen LogP contribution in [0.5, 0.6) is 5.75 Å². The molecule has 0 saturated carbocycles. The molecule has 0 fully saturated rings. The fourth-order valence-corrected chi connectivity index (χ4v) is 2.13. The van der Waals surface area contributed by atoms with Crippen LogP contribution >= 0.6 is 0 Å². The first kappa shape index (κ1) is 13.2. The number of ether oxygens (including phenoxy) is 1. The molecular weight excluding hydrogens is 260 g/mol. The van der Waals surface area contributed by atoms with Crippen LogP contribution in [0.25, 0.3) is 5.69 Å². The topological polar surface area (TPSA) is 26.5 Å². The van der Waals surface area contributed by atoms with Gasteiger partial charge in [0, 0.05) is 11.9 Å². The summed E-state index contributed by atoms with van der Waals surface area (Å²) in [6, 6.07) is 22.0. The van der Waals surface area contributed by atoms with Gasteiger partial charge in [0.05, 0.1) is 24.7 Å². The van der Waals surface area contributed by atoms with Gasteiger partial charge in [0.2, 0.25) is 0 Å². The lowest BCUT2D eigenvalue weighted by atomic mass is 10.3. The van der Waals surface area contributed by atoms with E-state index in [9.17, 15) is 0 Å². The summed E-state index contributed by atoms with van der Waals surface area (Å²) in [6.07, 6.45) is 3.90. The zero-order valence-corrected chi connectivity index (χ0v) is 11.8. The summed E-state index contributed by atoms with van der Waals surface area (Å²) in [5, 5.41) is 0. The molecule has 0 aliphatic carbocycles. The van der Waals surface area contributed by atoms with Crippen LogP contribution in [0.4, 0.5) is 5.69 Å². The Morgan fingerprint density at radius 1 is 0.905 bits per heavy atom. The minimum atomic E-state index is 0.835. The highest BCUT2D eigenvalue weighted by Crippen LogP contribution is 2.18. The fraction of sp³-hybridized carbons (Fsp3) is 0.0556. The SMILES string of the molecule is COc1ccc(N=Cc2cccn2-c2ccccc2)cc1. The molecule has 3 rings (SSSR count). The van der Waals surface area contributed by atoms with Crippen LogP contribution in [0, 0.1) is 0 Å². The molecular formula is C18H16N2O. The maximum absolute atomic E-state index is 5.14. The summed E-state index contributed by atoms with van der Waals surface area (Å²) in [5.41, 5.74) is 3.06. The molecule has 3 aromatic rings. The Balaban J connectivity index is 1.85. The van der Waals surface area contributed by atoms with E-state index in [4.69, 9.17) is 4.74 Å². The predicted octanol–water partition coefficient (Wildman–Crippen LogP) is 4.24. The zero-order valence-electron chi connectivity index (χ0n) is 11.8. The molecule has 0 amide bonds. The number of aliphatic imine (C=N–C) groups is 1. The van der Waals surface area contributed by atoms with Gasteiger partial charge in [-0.05, 0) is 48.5 Å². The van der Waals surface area contributed by atoms with E-state index < -0.39 is 0 Å². The maximum Gasteiger partial charge on any atom is 0.119 e. The van der Waals surface area contributed by atoms with Gasteiger partial charge in [-0.1, -0.05) is 18.2 Å². The van der Waals surface area contributed by atoms with E-state index in [-0.39, 0.29) is 0 Å². The van der Waals surface area contributed by atoms with E-state index in [2.05, 4.69) is 21.7 Å². The molecule has 0 bridgehead atoms. The molecule has 0 aliphatic heterocycles. The smallest absolute Gasteiger partial charge is 0.119 e. The van der Waals surface area contributed by atoms with Crippen molar-refractivity contribution in [2.45, 2.75) is 0 Å². The van der Waals surface area contributed by atoms with Crippen LogP contribution in [0.3, 0.4) is 0 Å². The van der Waals surface area contributed by atoms with E-state index in [0.717, 1.165) is 22.8 Å². The lowest BCUT2D eigenvalue weighted by Gasteiger charge is -2.05. The van der Waals surface area contributed by atoms with E-state index in [0.29, 0.717) is 0 Å². The van der Waals surface area contributed by atoms with Crippen molar-refractivity contribution >= 4 is 11.9 Å². The second kappa shape index (κ2) is 6.09. The average Bonchev–Trinajstić information content (AvgIpc) is 3.03. The van der Waals surface area contributed by atoms with Crippen molar-refractivity contribution in [2.24, 2.45) is 4.99 Å². The van der Waals surface area contributed by atoms with Crippen LogP contribution in [0.15, 0.2) is 77.9 Å². The largest absolute Gasteiger partial charge is 0.497 e. The monoisotopic (exact) mass is 276 g/mol. The van der Waals surface area contributed by atoms with Crippen molar-refractivity contribution in [3.05, 3.63) is 78.6 Å². The van der Waals surface area contributed by atoms with Crippen LogP contribution < -0.4 is 4.74 Å². The minimum Gasteiger partial charge on any atom is -0.497 e. The fourth-order valence-electron chi connectivity index (χ4n) is 2.13. The standard InChI is InChI=1S/C18H16N2O/c1-21-18-11-9-15(10-12-18)19-14-17-8-5-13-20(17)16-6-3-2-4-7-16/h2-14H,1H3. The van der Waals surface area contributed by atoms with E-state index in [1.165, 1.54) is 0 Å². The van der Waals surface area contributed by atoms with Gasteiger partial charge in [0.25, 0.3) is 0 Å². The Kier molecular flexibility index (Phi) is 3.83. The molecule has 1 heterocycles. The highest BCUT2D eigenvalue weighted by molar-refractivity contribution is 5.81. The number of nitrogens with zero attached hydrogens (tertiary/aromatic N) is 2. The van der Waals surface area contributed by atoms with Crippen LogP contribution in [0.1, 0.15) is 5.69 Å². The first-order valence-electron chi connectivity index (χ1n) is 6.78. The molecule has 0 radical (unpaired) electrons. The summed E-state index contributed by atoms with van der Waals surface area (Å²) in [4.78, 5) is 4.51. The van der Waals surface area contributed by atoms with Crippen molar-refractivity contribution in [1.29, 1.82) is 0 Å². The van der Waals surface area contributed by atoms with Gasteiger partial charge in [0.15, 0.2) is 0 Å². The second-order valence-corrected chi connectivity index (χ2v) is 4.59. The van der Waals surface area contributed by atoms with Crippen molar-refractivity contribution in [3.8, 4) is 11.4 Å². The number of para-hydroxylation sites is 1. The first-order valence-corrected chi connectivity index (χ1v) is 6.78. The summed E-state index contributed by atoms with van der Waals surface area (Å²) in [7, 11) is 1.66. The van der Waals surface area contributed by atoms with Gasteiger partial charge in [0.1, 0.15) is 5.75 Å². The highest BCUT2D eigenvalue weighted by Gasteiger charge is 2.00. The number of methoxy groups -OCH3 is 1. The molecule has 21 heavy (non-hydrogen) atoms. The lowest BCUT2D eigenvalue weighted by Crippen LogP contribution is -1.97. The normalized spacial score (nSPS) is 10.9. The molecule has 104 valence electrons. The van der Waals surface area contributed by atoms with Crippen molar-refractivity contribution in [3.63, 3.8) is 0 Å². The Labute approximate surface area is 124 Å². The van der Waals surface area contributed by atoms with Crippen LogP contribution in [-0.2, 0) is 0 Å². The zero-order chi connectivity index (χ0) is 14.5. The lowest BCUT2D eigenvalue weighted by molar-refractivity contribution is 0.415. The predicted molar refractivity (Wildman–Crippen MR) is 86.0 cm³/mol. The van der Waals surface area contributed by atoms with Crippen molar-refractivity contribution in [2.75, 3.05) is 7.11 Å². The van der Waals surface area contributed by atoms with Gasteiger partial charge < -0.3 is 9.30 Å². The molecule has 3 heteroatoms. The second-order valence-electron chi connectivity index (χ2n) is 4.59. The third kappa shape index (κ3) is 3.03.